The molecule has 0 atom stereocenters. The third-order valence-electron chi connectivity index (χ3n) is 1.87. The number of nitrogens with one attached hydrogen (secondary N) is 1. The quantitative estimate of drug-likeness (QED) is 0.730. The van der Waals surface area contributed by atoms with Crippen LogP contribution in [0.4, 0.5) is 0 Å². The normalized spacial score (nSPS) is 9.50. The van der Waals surface area contributed by atoms with Crippen molar-refractivity contribution >= 4 is 17.3 Å². The maximum atomic E-state index is 5.30. The Kier molecular flexibility index (Phi) is 4.19. The molecule has 3 N–H and O–H groups in total. The van der Waals surface area contributed by atoms with Crippen LogP contribution in [0.15, 0.2) is 24.3 Å². The second kappa shape index (κ2) is 5.44. The topological polar surface area (TPSA) is 47.3 Å². The molecule has 76 valence electrons. The van der Waals surface area contributed by atoms with Gasteiger partial charge in [-0.05, 0) is 36.3 Å². The van der Waals surface area contributed by atoms with Gasteiger partial charge in [0.1, 0.15) is 5.75 Å². The van der Waals surface area contributed by atoms with Crippen molar-refractivity contribution in [3.63, 3.8) is 0 Å². The molecule has 0 saturated carbocycles. The molecule has 3 nitrogen and oxygen atoms in total. The van der Waals surface area contributed by atoms with Gasteiger partial charge in [-0.2, -0.15) is 0 Å². The van der Waals surface area contributed by atoms with Crippen molar-refractivity contribution in [3.05, 3.63) is 29.8 Å². The van der Waals surface area contributed by atoms with E-state index in [9.17, 15) is 0 Å². The van der Waals surface area contributed by atoms with Crippen LogP contribution in [0.1, 0.15) is 5.56 Å². The number of hydrogen-bond donors (Lipinski definition) is 2. The van der Waals surface area contributed by atoms with Crippen LogP contribution >= 0.6 is 12.2 Å². The standard InChI is InChI=1S/C10H14N2OS/c1-13-9-4-2-8(3-5-9)6-7-12-10(11)14/h2-5H,6-7H2,1H3,(H3,11,12,14). The van der Waals surface area contributed by atoms with Gasteiger partial charge in [-0.15, -0.1) is 0 Å². The Morgan fingerprint density at radius 1 is 1.43 bits per heavy atom. The van der Waals surface area contributed by atoms with Crippen molar-refractivity contribution in [3.8, 4) is 5.75 Å². The van der Waals surface area contributed by atoms with Crippen molar-refractivity contribution in [2.75, 3.05) is 13.7 Å². The second-order valence-corrected chi connectivity index (χ2v) is 3.33. The average Bonchev–Trinajstić information content (AvgIpc) is 2.18. The fraction of sp³-hybridized carbons (Fsp3) is 0.300. The minimum atomic E-state index is 0.346. The van der Waals surface area contributed by atoms with Gasteiger partial charge >= 0.3 is 0 Å². The van der Waals surface area contributed by atoms with Crippen LogP contribution in [0, 0.1) is 0 Å². The molecule has 0 aliphatic heterocycles. The summed E-state index contributed by atoms with van der Waals surface area (Å²) < 4.78 is 5.06. The molecule has 0 aromatic heterocycles. The highest BCUT2D eigenvalue weighted by atomic mass is 32.1. The molecule has 0 unspecified atom stereocenters. The highest BCUT2D eigenvalue weighted by molar-refractivity contribution is 7.80. The maximum absolute atomic E-state index is 5.30. The zero-order valence-corrected chi connectivity index (χ0v) is 8.93. The average molecular weight is 210 g/mol. The van der Waals surface area contributed by atoms with E-state index >= 15 is 0 Å². The van der Waals surface area contributed by atoms with Crippen molar-refractivity contribution < 1.29 is 4.74 Å². The fourth-order valence-electron chi connectivity index (χ4n) is 1.12. The van der Waals surface area contributed by atoms with Gasteiger partial charge in [-0.1, -0.05) is 12.1 Å². The lowest BCUT2D eigenvalue weighted by Crippen LogP contribution is -2.30. The predicted octanol–water partition coefficient (Wildman–Crippen LogP) is 1.07. The lowest BCUT2D eigenvalue weighted by atomic mass is 10.1. The molecule has 4 heteroatoms. The number of hydrogen-bond acceptors (Lipinski definition) is 2. The smallest absolute Gasteiger partial charge is 0.163 e. The molecule has 14 heavy (non-hydrogen) atoms. The van der Waals surface area contributed by atoms with E-state index in [1.54, 1.807) is 7.11 Å². The highest BCUT2D eigenvalue weighted by Crippen LogP contribution is 2.11. The van der Waals surface area contributed by atoms with Crippen molar-refractivity contribution in [1.29, 1.82) is 0 Å². The Bertz CT molecular complexity index is 297. The van der Waals surface area contributed by atoms with Crippen LogP contribution in [0.2, 0.25) is 0 Å². The molecule has 0 aliphatic rings. The monoisotopic (exact) mass is 210 g/mol. The van der Waals surface area contributed by atoms with Gasteiger partial charge in [0.2, 0.25) is 0 Å². The first kappa shape index (κ1) is 10.8. The number of methoxy groups -OCH3 is 1. The summed E-state index contributed by atoms with van der Waals surface area (Å²) in [5.41, 5.74) is 6.53. The summed E-state index contributed by atoms with van der Waals surface area (Å²) in [5, 5.41) is 3.25. The van der Waals surface area contributed by atoms with Gasteiger partial charge in [-0.25, -0.2) is 0 Å². The van der Waals surface area contributed by atoms with Gasteiger partial charge in [0.25, 0.3) is 0 Å². The second-order valence-electron chi connectivity index (χ2n) is 2.89. The van der Waals surface area contributed by atoms with E-state index in [0.717, 1.165) is 18.7 Å². The molecule has 1 rings (SSSR count). The molecule has 0 spiro atoms. The lowest BCUT2D eigenvalue weighted by molar-refractivity contribution is 0.414. The number of ether oxygens (including phenoxy) is 1. The predicted molar refractivity (Wildman–Crippen MR) is 61.5 cm³/mol. The van der Waals surface area contributed by atoms with Gasteiger partial charge < -0.3 is 15.8 Å². The Morgan fingerprint density at radius 3 is 2.57 bits per heavy atom. The number of benzene rings is 1. The zero-order valence-electron chi connectivity index (χ0n) is 8.12. The molecule has 0 bridgehead atoms. The summed E-state index contributed by atoms with van der Waals surface area (Å²) in [5.74, 6) is 0.871. The Hall–Kier alpha value is -1.29. The zero-order chi connectivity index (χ0) is 10.4. The van der Waals surface area contributed by atoms with E-state index in [2.05, 4.69) is 5.32 Å². The van der Waals surface area contributed by atoms with Crippen LogP contribution in [-0.4, -0.2) is 18.8 Å². The van der Waals surface area contributed by atoms with E-state index < -0.39 is 0 Å². The summed E-state index contributed by atoms with van der Waals surface area (Å²) in [4.78, 5) is 0. The number of thiocarbonyl (C=S) groups is 1. The minimum Gasteiger partial charge on any atom is -0.497 e. The first-order valence-corrected chi connectivity index (χ1v) is 4.79. The Morgan fingerprint density at radius 2 is 2.07 bits per heavy atom. The van der Waals surface area contributed by atoms with Gasteiger partial charge in [0.05, 0.1) is 7.11 Å². The van der Waals surface area contributed by atoms with Crippen molar-refractivity contribution in [1.82, 2.24) is 5.32 Å². The first-order chi connectivity index (χ1) is 6.72. The van der Waals surface area contributed by atoms with E-state index in [4.69, 9.17) is 22.7 Å². The summed E-state index contributed by atoms with van der Waals surface area (Å²) in [6.07, 6.45) is 0.904. The summed E-state index contributed by atoms with van der Waals surface area (Å²) in [6, 6.07) is 7.94. The molecule has 1 aromatic carbocycles. The summed E-state index contributed by atoms with van der Waals surface area (Å²) in [6.45, 7) is 0.766. The fourth-order valence-corrected chi connectivity index (χ4v) is 1.22. The van der Waals surface area contributed by atoms with Crippen LogP contribution in [0.25, 0.3) is 0 Å². The third-order valence-corrected chi connectivity index (χ3v) is 2.02. The Labute approximate surface area is 89.3 Å². The molecule has 0 fully saturated rings. The van der Waals surface area contributed by atoms with Crippen LogP contribution < -0.4 is 15.8 Å². The van der Waals surface area contributed by atoms with Crippen molar-refractivity contribution in [2.24, 2.45) is 5.73 Å². The summed E-state index contributed by atoms with van der Waals surface area (Å²) >= 11 is 4.70. The van der Waals surface area contributed by atoms with Crippen LogP contribution in [0.5, 0.6) is 5.75 Å². The third kappa shape index (κ3) is 3.62. The van der Waals surface area contributed by atoms with Crippen LogP contribution in [0.3, 0.4) is 0 Å². The highest BCUT2D eigenvalue weighted by Gasteiger charge is 1.94. The van der Waals surface area contributed by atoms with E-state index in [1.165, 1.54) is 5.56 Å². The SMILES string of the molecule is COc1ccc(CCNC(N)=S)cc1. The molecule has 0 amide bonds. The van der Waals surface area contributed by atoms with Crippen molar-refractivity contribution in [2.45, 2.75) is 6.42 Å². The molecule has 0 aliphatic carbocycles. The number of nitrogens with two attached hydrogens (primary N) is 1. The first-order valence-electron chi connectivity index (χ1n) is 4.38. The minimum absolute atomic E-state index is 0.346. The van der Waals surface area contributed by atoms with E-state index in [1.807, 2.05) is 24.3 Å². The van der Waals surface area contributed by atoms with Crippen LogP contribution in [-0.2, 0) is 6.42 Å². The number of rotatable bonds is 4. The van der Waals surface area contributed by atoms with Gasteiger partial charge in [0.15, 0.2) is 5.11 Å². The molecule has 0 heterocycles. The van der Waals surface area contributed by atoms with E-state index in [-0.39, 0.29) is 0 Å². The summed E-state index contributed by atoms with van der Waals surface area (Å²) in [7, 11) is 1.66. The molecule has 0 saturated heterocycles. The molecular weight excluding hydrogens is 196 g/mol. The van der Waals surface area contributed by atoms with E-state index in [0.29, 0.717) is 5.11 Å². The lowest BCUT2D eigenvalue weighted by Gasteiger charge is -2.04. The molecule has 0 radical (unpaired) electrons. The largest absolute Gasteiger partial charge is 0.497 e. The van der Waals surface area contributed by atoms with Gasteiger partial charge in [-0.3, -0.25) is 0 Å². The van der Waals surface area contributed by atoms with Gasteiger partial charge in [0, 0.05) is 6.54 Å². The molecular formula is C10H14N2OS. The Balaban J connectivity index is 2.40. The maximum Gasteiger partial charge on any atom is 0.163 e. The molecule has 1 aromatic rings.